The van der Waals surface area contributed by atoms with Gasteiger partial charge in [-0.15, -0.1) is 0 Å². The maximum Gasteiger partial charge on any atom is 0.0434 e. The summed E-state index contributed by atoms with van der Waals surface area (Å²) in [5, 5.41) is 3.51. The Morgan fingerprint density at radius 2 is 1.53 bits per heavy atom. The Morgan fingerprint density at radius 1 is 0.895 bits per heavy atom. The zero-order valence-electron chi connectivity index (χ0n) is 12.1. The highest BCUT2D eigenvalue weighted by molar-refractivity contribution is 5.71. The van der Waals surface area contributed by atoms with Crippen molar-refractivity contribution < 1.29 is 0 Å². The van der Waals surface area contributed by atoms with E-state index in [4.69, 9.17) is 5.73 Å². The van der Waals surface area contributed by atoms with Crippen LogP contribution in [0.1, 0.15) is 31.9 Å². The Bertz CT molecular complexity index is 580. The summed E-state index contributed by atoms with van der Waals surface area (Å²) in [5.74, 6) is 0. The third-order valence-electron chi connectivity index (χ3n) is 3.38. The molecule has 0 saturated carbocycles. The zero-order chi connectivity index (χ0) is 14.0. The molecule has 0 unspecified atom stereocenters. The van der Waals surface area contributed by atoms with Crippen molar-refractivity contribution in [3.8, 4) is 0 Å². The van der Waals surface area contributed by atoms with Crippen LogP contribution in [0.4, 0.5) is 17.1 Å². The SMILES string of the molecule is Cc1c(N)cccc1Nc1ccccc1C(C)(C)C. The fraction of sp³-hybridized carbons (Fsp3) is 0.294. The molecule has 0 aliphatic carbocycles. The number of rotatable bonds is 2. The second kappa shape index (κ2) is 4.96. The Balaban J connectivity index is 2.42. The molecular formula is C17H22N2. The highest BCUT2D eigenvalue weighted by atomic mass is 14.9. The summed E-state index contributed by atoms with van der Waals surface area (Å²) in [6, 6.07) is 14.4. The van der Waals surface area contributed by atoms with Gasteiger partial charge in [0.1, 0.15) is 0 Å². The van der Waals surface area contributed by atoms with Crippen LogP contribution in [0.5, 0.6) is 0 Å². The molecule has 19 heavy (non-hydrogen) atoms. The van der Waals surface area contributed by atoms with Gasteiger partial charge in [-0.25, -0.2) is 0 Å². The van der Waals surface area contributed by atoms with E-state index in [2.05, 4.69) is 56.4 Å². The average Bonchev–Trinajstić information content (AvgIpc) is 2.34. The Hall–Kier alpha value is -1.96. The van der Waals surface area contributed by atoms with Crippen LogP contribution in [0.3, 0.4) is 0 Å². The number of hydrogen-bond acceptors (Lipinski definition) is 2. The first-order valence-corrected chi connectivity index (χ1v) is 6.61. The molecule has 0 aromatic heterocycles. The van der Waals surface area contributed by atoms with Crippen molar-refractivity contribution in [1.29, 1.82) is 0 Å². The normalized spacial score (nSPS) is 11.4. The van der Waals surface area contributed by atoms with E-state index in [0.29, 0.717) is 0 Å². The van der Waals surface area contributed by atoms with E-state index >= 15 is 0 Å². The minimum Gasteiger partial charge on any atom is -0.398 e. The molecule has 0 aliphatic heterocycles. The number of nitrogens with one attached hydrogen (secondary N) is 1. The number of para-hydroxylation sites is 1. The van der Waals surface area contributed by atoms with Crippen LogP contribution >= 0.6 is 0 Å². The molecule has 0 aliphatic rings. The molecule has 2 nitrogen and oxygen atoms in total. The van der Waals surface area contributed by atoms with Crippen molar-refractivity contribution in [2.75, 3.05) is 11.1 Å². The summed E-state index contributed by atoms with van der Waals surface area (Å²) in [5.41, 5.74) is 11.5. The average molecular weight is 254 g/mol. The third kappa shape index (κ3) is 2.90. The zero-order valence-corrected chi connectivity index (χ0v) is 12.1. The van der Waals surface area contributed by atoms with E-state index in [1.54, 1.807) is 0 Å². The lowest BCUT2D eigenvalue weighted by Gasteiger charge is -2.24. The number of nitrogens with two attached hydrogens (primary N) is 1. The predicted molar refractivity (Wildman–Crippen MR) is 84.0 cm³/mol. The van der Waals surface area contributed by atoms with Crippen molar-refractivity contribution in [3.05, 3.63) is 53.6 Å². The standard InChI is InChI=1S/C17H22N2/c1-12-14(18)9-7-11-15(12)19-16-10-6-5-8-13(16)17(2,3)4/h5-11,19H,18H2,1-4H3. The van der Waals surface area contributed by atoms with Crippen LogP contribution in [-0.2, 0) is 5.41 Å². The Morgan fingerprint density at radius 3 is 2.21 bits per heavy atom. The van der Waals surface area contributed by atoms with Crippen LogP contribution < -0.4 is 11.1 Å². The minimum absolute atomic E-state index is 0.109. The van der Waals surface area contributed by atoms with E-state index in [0.717, 1.165) is 22.6 Å². The van der Waals surface area contributed by atoms with Gasteiger partial charge in [0.15, 0.2) is 0 Å². The first-order valence-electron chi connectivity index (χ1n) is 6.61. The smallest absolute Gasteiger partial charge is 0.0434 e. The molecule has 0 bridgehead atoms. The van der Waals surface area contributed by atoms with Crippen LogP contribution in [-0.4, -0.2) is 0 Å². The summed E-state index contributed by atoms with van der Waals surface area (Å²) < 4.78 is 0. The lowest BCUT2D eigenvalue weighted by atomic mass is 9.85. The molecule has 2 aromatic carbocycles. The highest BCUT2D eigenvalue weighted by Crippen LogP contribution is 2.32. The quantitative estimate of drug-likeness (QED) is 0.767. The van der Waals surface area contributed by atoms with Gasteiger partial charge in [-0.1, -0.05) is 45.0 Å². The van der Waals surface area contributed by atoms with Gasteiger partial charge in [-0.05, 0) is 41.7 Å². The fourth-order valence-corrected chi connectivity index (χ4v) is 2.18. The molecule has 0 saturated heterocycles. The van der Waals surface area contributed by atoms with Crippen LogP contribution in [0, 0.1) is 6.92 Å². The third-order valence-corrected chi connectivity index (χ3v) is 3.38. The molecule has 0 radical (unpaired) electrons. The van der Waals surface area contributed by atoms with Gasteiger partial charge in [-0.3, -0.25) is 0 Å². The van der Waals surface area contributed by atoms with Crippen LogP contribution in [0.15, 0.2) is 42.5 Å². The summed E-state index contributed by atoms with van der Waals surface area (Å²) >= 11 is 0. The van der Waals surface area contributed by atoms with E-state index in [9.17, 15) is 0 Å². The minimum atomic E-state index is 0.109. The Labute approximate surface area is 115 Å². The second-order valence-electron chi connectivity index (χ2n) is 5.94. The maximum atomic E-state index is 5.96. The second-order valence-corrected chi connectivity index (χ2v) is 5.94. The topological polar surface area (TPSA) is 38.0 Å². The van der Waals surface area contributed by atoms with Gasteiger partial charge >= 0.3 is 0 Å². The van der Waals surface area contributed by atoms with Crippen molar-refractivity contribution in [1.82, 2.24) is 0 Å². The van der Waals surface area contributed by atoms with Crippen LogP contribution in [0.25, 0.3) is 0 Å². The summed E-state index contributed by atoms with van der Waals surface area (Å²) in [4.78, 5) is 0. The van der Waals surface area contributed by atoms with Gasteiger partial charge in [0.05, 0.1) is 0 Å². The van der Waals surface area contributed by atoms with E-state index in [-0.39, 0.29) is 5.41 Å². The van der Waals surface area contributed by atoms with Gasteiger partial charge in [0, 0.05) is 17.1 Å². The molecule has 0 spiro atoms. The largest absolute Gasteiger partial charge is 0.398 e. The highest BCUT2D eigenvalue weighted by Gasteiger charge is 2.17. The summed E-state index contributed by atoms with van der Waals surface area (Å²) in [7, 11) is 0. The van der Waals surface area contributed by atoms with E-state index in [1.165, 1.54) is 5.56 Å². The van der Waals surface area contributed by atoms with Crippen LogP contribution in [0.2, 0.25) is 0 Å². The molecule has 0 fully saturated rings. The van der Waals surface area contributed by atoms with Crippen molar-refractivity contribution in [2.45, 2.75) is 33.1 Å². The number of anilines is 3. The molecule has 2 heteroatoms. The molecule has 0 heterocycles. The first-order chi connectivity index (χ1) is 8.89. The molecule has 2 rings (SSSR count). The molecule has 0 amide bonds. The molecule has 0 atom stereocenters. The van der Waals surface area contributed by atoms with E-state index < -0.39 is 0 Å². The van der Waals surface area contributed by atoms with Crippen molar-refractivity contribution in [3.63, 3.8) is 0 Å². The Kier molecular flexibility index (Phi) is 3.52. The summed E-state index contributed by atoms with van der Waals surface area (Å²) in [6.45, 7) is 8.70. The number of hydrogen-bond donors (Lipinski definition) is 2. The maximum absolute atomic E-state index is 5.96. The number of benzene rings is 2. The molecule has 3 N–H and O–H groups in total. The van der Waals surface area contributed by atoms with Gasteiger partial charge in [0.2, 0.25) is 0 Å². The summed E-state index contributed by atoms with van der Waals surface area (Å²) in [6.07, 6.45) is 0. The molecule has 100 valence electrons. The van der Waals surface area contributed by atoms with E-state index in [1.807, 2.05) is 19.1 Å². The predicted octanol–water partition coefficient (Wildman–Crippen LogP) is 4.62. The van der Waals surface area contributed by atoms with Crippen molar-refractivity contribution in [2.24, 2.45) is 0 Å². The fourth-order valence-electron chi connectivity index (χ4n) is 2.18. The monoisotopic (exact) mass is 254 g/mol. The molecule has 2 aromatic rings. The van der Waals surface area contributed by atoms with Gasteiger partial charge < -0.3 is 11.1 Å². The van der Waals surface area contributed by atoms with Gasteiger partial charge in [0.25, 0.3) is 0 Å². The van der Waals surface area contributed by atoms with Gasteiger partial charge in [-0.2, -0.15) is 0 Å². The van der Waals surface area contributed by atoms with Crippen molar-refractivity contribution >= 4 is 17.1 Å². The lowest BCUT2D eigenvalue weighted by Crippen LogP contribution is -2.13. The molecular weight excluding hydrogens is 232 g/mol. The number of nitrogen functional groups attached to an aromatic ring is 1. The lowest BCUT2D eigenvalue weighted by molar-refractivity contribution is 0.592. The first kappa shape index (κ1) is 13.5.